The Bertz CT molecular complexity index is 880. The summed E-state index contributed by atoms with van der Waals surface area (Å²) in [6.45, 7) is 6.42. The monoisotopic (exact) mass is 379 g/mol. The van der Waals surface area contributed by atoms with Crippen LogP contribution >= 0.6 is 0 Å². The molecule has 1 fully saturated rings. The fraction of sp³-hybridized carbons (Fsp3) is 0.182. The molecule has 1 unspecified atom stereocenters. The highest BCUT2D eigenvalue weighted by Crippen LogP contribution is 2.18. The zero-order valence-corrected chi connectivity index (χ0v) is 15.5. The van der Waals surface area contributed by atoms with Gasteiger partial charge in [0.2, 0.25) is 5.91 Å². The smallest absolute Gasteiger partial charge is 0.338 e. The molecule has 0 saturated carbocycles. The Kier molecular flexibility index (Phi) is 6.24. The number of anilines is 1. The van der Waals surface area contributed by atoms with Crippen LogP contribution < -0.4 is 14.8 Å². The summed E-state index contributed by atoms with van der Waals surface area (Å²) < 4.78 is 15.8. The topological polar surface area (TPSA) is 77.2 Å². The van der Waals surface area contributed by atoms with Gasteiger partial charge in [0.15, 0.2) is 0 Å². The molecule has 1 saturated heterocycles. The minimum Gasteiger partial charge on any atom is -0.491 e. The number of amides is 1. The van der Waals surface area contributed by atoms with Crippen LogP contribution in [-0.4, -0.2) is 31.2 Å². The molecule has 3 rings (SSSR count). The van der Waals surface area contributed by atoms with E-state index in [4.69, 9.17) is 14.2 Å². The van der Waals surface area contributed by atoms with Crippen LogP contribution in [0.4, 0.5) is 5.69 Å². The van der Waals surface area contributed by atoms with E-state index in [1.165, 1.54) is 6.08 Å². The second-order valence-electron chi connectivity index (χ2n) is 6.35. The Labute approximate surface area is 163 Å². The van der Waals surface area contributed by atoms with Crippen LogP contribution in [0.3, 0.4) is 0 Å². The third-order valence-corrected chi connectivity index (χ3v) is 3.83. The second-order valence-corrected chi connectivity index (χ2v) is 6.35. The molecule has 28 heavy (non-hydrogen) atoms. The summed E-state index contributed by atoms with van der Waals surface area (Å²) in [6.07, 6.45) is 3.38. The number of ether oxygens (including phenoxy) is 3. The molecule has 1 heterocycles. The fourth-order valence-corrected chi connectivity index (χ4v) is 2.18. The van der Waals surface area contributed by atoms with E-state index in [2.05, 4.69) is 11.9 Å². The van der Waals surface area contributed by atoms with Crippen LogP contribution in [-0.2, 0) is 14.3 Å². The summed E-state index contributed by atoms with van der Waals surface area (Å²) >= 11 is 0. The number of rotatable bonds is 8. The molecule has 1 aliphatic rings. The van der Waals surface area contributed by atoms with Gasteiger partial charge in [0.1, 0.15) is 24.2 Å². The van der Waals surface area contributed by atoms with Gasteiger partial charge in [0.05, 0.1) is 6.61 Å². The maximum atomic E-state index is 12.1. The zero-order valence-electron chi connectivity index (χ0n) is 15.5. The Hall–Kier alpha value is -3.38. The van der Waals surface area contributed by atoms with Crippen molar-refractivity contribution in [1.29, 1.82) is 0 Å². The maximum Gasteiger partial charge on any atom is 0.338 e. The molecule has 1 amide bonds. The van der Waals surface area contributed by atoms with E-state index in [9.17, 15) is 9.59 Å². The Morgan fingerprint density at radius 1 is 1.14 bits per heavy atom. The SMILES string of the molecule is C=C(C)C(=O)Oc1ccc(NC(=O)/C=C/c2ccc(OCC3CO3)cc2)cc1. The molecule has 2 aromatic rings. The van der Waals surface area contributed by atoms with Gasteiger partial charge >= 0.3 is 5.97 Å². The van der Waals surface area contributed by atoms with Gasteiger partial charge in [-0.05, 0) is 55.0 Å². The molecule has 1 N–H and O–H groups in total. The predicted molar refractivity (Wildman–Crippen MR) is 106 cm³/mol. The molecule has 1 aliphatic heterocycles. The standard InChI is InChI=1S/C22H21NO5/c1-15(2)22(25)28-19-10-6-17(7-11-19)23-21(24)12-5-16-3-8-18(9-4-16)26-13-20-14-27-20/h3-12,20H,1,13-14H2,2H3,(H,23,24)/b12-5+. The first-order valence-electron chi connectivity index (χ1n) is 8.81. The fourth-order valence-electron chi connectivity index (χ4n) is 2.18. The van der Waals surface area contributed by atoms with Crippen molar-refractivity contribution in [3.05, 3.63) is 72.3 Å². The number of carbonyl (C=O) groups is 2. The highest BCUT2D eigenvalue weighted by molar-refractivity contribution is 6.02. The van der Waals surface area contributed by atoms with Gasteiger partial charge in [-0.25, -0.2) is 4.79 Å². The van der Waals surface area contributed by atoms with E-state index in [-0.39, 0.29) is 12.0 Å². The van der Waals surface area contributed by atoms with E-state index >= 15 is 0 Å². The number of hydrogen-bond acceptors (Lipinski definition) is 5. The highest BCUT2D eigenvalue weighted by atomic mass is 16.6. The largest absolute Gasteiger partial charge is 0.491 e. The van der Waals surface area contributed by atoms with Crippen LogP contribution in [0.5, 0.6) is 11.5 Å². The quantitative estimate of drug-likeness (QED) is 0.328. The van der Waals surface area contributed by atoms with Crippen molar-refractivity contribution in [3.63, 3.8) is 0 Å². The average molecular weight is 379 g/mol. The normalized spacial score (nSPS) is 15.1. The first-order valence-corrected chi connectivity index (χ1v) is 8.81. The molecule has 0 bridgehead atoms. The van der Waals surface area contributed by atoms with E-state index in [0.29, 0.717) is 23.6 Å². The Morgan fingerprint density at radius 3 is 2.39 bits per heavy atom. The molecule has 0 spiro atoms. The summed E-state index contributed by atoms with van der Waals surface area (Å²) in [4.78, 5) is 23.5. The van der Waals surface area contributed by atoms with Gasteiger partial charge in [-0.15, -0.1) is 0 Å². The van der Waals surface area contributed by atoms with E-state index in [0.717, 1.165) is 17.9 Å². The van der Waals surface area contributed by atoms with Crippen molar-refractivity contribution in [1.82, 2.24) is 0 Å². The van der Waals surface area contributed by atoms with Gasteiger partial charge in [-0.3, -0.25) is 4.79 Å². The third-order valence-electron chi connectivity index (χ3n) is 3.83. The summed E-state index contributed by atoms with van der Waals surface area (Å²) in [6, 6.07) is 14.0. The molecule has 1 atom stereocenters. The lowest BCUT2D eigenvalue weighted by Gasteiger charge is -2.06. The molecular weight excluding hydrogens is 358 g/mol. The van der Waals surface area contributed by atoms with E-state index < -0.39 is 5.97 Å². The van der Waals surface area contributed by atoms with Gasteiger partial charge in [0, 0.05) is 17.3 Å². The average Bonchev–Trinajstić information content (AvgIpc) is 3.51. The van der Waals surface area contributed by atoms with Crippen LogP contribution in [0.2, 0.25) is 0 Å². The number of epoxide rings is 1. The second kappa shape index (κ2) is 9.01. The van der Waals surface area contributed by atoms with E-state index in [1.54, 1.807) is 37.3 Å². The van der Waals surface area contributed by atoms with Gasteiger partial charge in [0.25, 0.3) is 0 Å². The predicted octanol–water partition coefficient (Wildman–Crippen LogP) is 3.60. The summed E-state index contributed by atoms with van der Waals surface area (Å²) in [7, 11) is 0. The lowest BCUT2D eigenvalue weighted by atomic mass is 10.2. The van der Waals surface area contributed by atoms with Crippen molar-refractivity contribution >= 4 is 23.6 Å². The van der Waals surface area contributed by atoms with Crippen LogP contribution in [0.25, 0.3) is 6.08 Å². The number of benzene rings is 2. The van der Waals surface area contributed by atoms with Crippen molar-refractivity contribution in [2.45, 2.75) is 13.0 Å². The molecular formula is C22H21NO5. The molecule has 6 heteroatoms. The zero-order chi connectivity index (χ0) is 19.9. The summed E-state index contributed by atoms with van der Waals surface area (Å²) in [5, 5.41) is 2.74. The molecule has 0 aromatic heterocycles. The molecule has 2 aromatic carbocycles. The van der Waals surface area contributed by atoms with Crippen molar-refractivity contribution < 1.29 is 23.8 Å². The number of hydrogen-bond donors (Lipinski definition) is 1. The van der Waals surface area contributed by atoms with Crippen molar-refractivity contribution in [2.75, 3.05) is 18.5 Å². The number of esters is 1. The van der Waals surface area contributed by atoms with Gasteiger partial charge in [-0.1, -0.05) is 18.7 Å². The minimum absolute atomic E-state index is 0.218. The van der Waals surface area contributed by atoms with Crippen LogP contribution in [0.15, 0.2) is 66.8 Å². The van der Waals surface area contributed by atoms with Crippen molar-refractivity contribution in [3.8, 4) is 11.5 Å². The molecule has 144 valence electrons. The van der Waals surface area contributed by atoms with E-state index in [1.807, 2.05) is 24.3 Å². The Morgan fingerprint density at radius 2 is 1.79 bits per heavy atom. The highest BCUT2D eigenvalue weighted by Gasteiger charge is 2.22. The first-order chi connectivity index (χ1) is 13.5. The summed E-state index contributed by atoms with van der Waals surface area (Å²) in [5.74, 6) is 0.400. The lowest BCUT2D eigenvalue weighted by Crippen LogP contribution is -2.09. The van der Waals surface area contributed by atoms with Crippen LogP contribution in [0, 0.1) is 0 Å². The first kappa shape index (κ1) is 19.4. The maximum absolute atomic E-state index is 12.1. The molecule has 0 radical (unpaired) electrons. The Balaban J connectivity index is 1.48. The third kappa shape index (κ3) is 6.10. The number of nitrogens with one attached hydrogen (secondary N) is 1. The van der Waals surface area contributed by atoms with Crippen molar-refractivity contribution in [2.24, 2.45) is 0 Å². The van der Waals surface area contributed by atoms with Crippen LogP contribution in [0.1, 0.15) is 12.5 Å². The molecule has 0 aliphatic carbocycles. The number of carbonyl (C=O) groups excluding carboxylic acids is 2. The summed E-state index contributed by atoms with van der Waals surface area (Å²) in [5.41, 5.74) is 1.79. The van der Waals surface area contributed by atoms with Gasteiger partial charge in [-0.2, -0.15) is 0 Å². The van der Waals surface area contributed by atoms with Gasteiger partial charge < -0.3 is 19.5 Å². The lowest BCUT2D eigenvalue weighted by molar-refractivity contribution is -0.130. The minimum atomic E-state index is -0.489. The molecule has 6 nitrogen and oxygen atoms in total.